The minimum absolute atomic E-state index is 0. The first kappa shape index (κ1) is 18.9. The molecule has 0 aliphatic heterocycles. The molecule has 5 heteroatoms. The average Bonchev–Trinajstić information content (AvgIpc) is 3.18. The Hall–Kier alpha value is -0.430. The summed E-state index contributed by atoms with van der Waals surface area (Å²) in [4.78, 5) is 4.42. The molecule has 4 unspecified atom stereocenters. The van der Waals surface area contributed by atoms with E-state index in [0.717, 1.165) is 11.2 Å². The van der Waals surface area contributed by atoms with Crippen LogP contribution in [0.25, 0.3) is 0 Å². The topological polar surface area (TPSA) is 36.4 Å². The number of hydrogen-bond acceptors (Lipinski definition) is 2. The van der Waals surface area contributed by atoms with E-state index in [1.54, 1.807) is 0 Å². The molecule has 3 nitrogen and oxygen atoms in total. The van der Waals surface area contributed by atoms with Gasteiger partial charge in [0.15, 0.2) is 5.96 Å². The largest absolute Gasteiger partial charge is 0.354 e. The molecule has 0 spiro atoms. The van der Waals surface area contributed by atoms with Crippen molar-refractivity contribution < 1.29 is 0 Å². The van der Waals surface area contributed by atoms with Gasteiger partial charge in [-0.05, 0) is 37.0 Å². The van der Waals surface area contributed by atoms with Crippen LogP contribution in [0.5, 0.6) is 0 Å². The van der Waals surface area contributed by atoms with Crippen LogP contribution in [0.15, 0.2) is 35.3 Å². The first-order chi connectivity index (χ1) is 10.8. The first-order valence-electron chi connectivity index (χ1n) is 8.46. The molecule has 2 fully saturated rings. The summed E-state index contributed by atoms with van der Waals surface area (Å²) in [5, 5.41) is 8.05. The Balaban J connectivity index is 0.00000192. The molecule has 0 bridgehead atoms. The third-order valence-electron chi connectivity index (χ3n) is 4.69. The highest BCUT2D eigenvalue weighted by Gasteiger charge is 2.39. The molecule has 0 saturated heterocycles. The standard InChI is InChI=1S/C18H27N3S.HI/c1-3-22-15-10-9-14(11-15)20-18(19-2)21-17-12-16(17)13-7-5-4-6-8-13;/h4-8,14-17H,3,9-12H2,1-2H3,(H2,19,20,21);1H. The smallest absolute Gasteiger partial charge is 0.191 e. The van der Waals surface area contributed by atoms with Crippen LogP contribution >= 0.6 is 35.7 Å². The van der Waals surface area contributed by atoms with E-state index in [0.29, 0.717) is 18.0 Å². The number of aliphatic imine (C=N–C) groups is 1. The van der Waals surface area contributed by atoms with E-state index in [4.69, 9.17) is 0 Å². The van der Waals surface area contributed by atoms with Crippen molar-refractivity contribution in [3.8, 4) is 0 Å². The molecule has 0 amide bonds. The molecule has 3 rings (SSSR count). The molecule has 0 aromatic heterocycles. The van der Waals surface area contributed by atoms with Gasteiger partial charge in [-0.15, -0.1) is 24.0 Å². The number of halogens is 1. The summed E-state index contributed by atoms with van der Waals surface area (Å²) < 4.78 is 0. The second kappa shape index (κ2) is 9.16. The molecule has 0 radical (unpaired) electrons. The van der Waals surface area contributed by atoms with Gasteiger partial charge in [0.25, 0.3) is 0 Å². The fourth-order valence-electron chi connectivity index (χ4n) is 3.42. The van der Waals surface area contributed by atoms with Crippen LogP contribution in [-0.2, 0) is 0 Å². The first-order valence-corrected chi connectivity index (χ1v) is 9.51. The lowest BCUT2D eigenvalue weighted by Gasteiger charge is -2.17. The molecule has 2 N–H and O–H groups in total. The lowest BCUT2D eigenvalue weighted by molar-refractivity contribution is 0.613. The predicted octanol–water partition coefficient (Wildman–Crippen LogP) is 4.00. The minimum Gasteiger partial charge on any atom is -0.354 e. The molecule has 2 aliphatic rings. The van der Waals surface area contributed by atoms with Crippen molar-refractivity contribution in [2.45, 2.75) is 55.9 Å². The van der Waals surface area contributed by atoms with E-state index in [9.17, 15) is 0 Å². The van der Waals surface area contributed by atoms with Crippen molar-refractivity contribution in [1.82, 2.24) is 10.6 Å². The van der Waals surface area contributed by atoms with Gasteiger partial charge < -0.3 is 10.6 Å². The van der Waals surface area contributed by atoms with Gasteiger partial charge in [-0.2, -0.15) is 11.8 Å². The Morgan fingerprint density at radius 2 is 1.96 bits per heavy atom. The van der Waals surface area contributed by atoms with E-state index in [1.807, 2.05) is 7.05 Å². The van der Waals surface area contributed by atoms with Gasteiger partial charge in [0.1, 0.15) is 0 Å². The van der Waals surface area contributed by atoms with E-state index in [1.165, 1.54) is 37.0 Å². The maximum atomic E-state index is 4.42. The minimum atomic E-state index is 0. The lowest BCUT2D eigenvalue weighted by atomic mass is 10.1. The summed E-state index contributed by atoms with van der Waals surface area (Å²) >= 11 is 2.10. The number of nitrogens with one attached hydrogen (secondary N) is 2. The monoisotopic (exact) mass is 445 g/mol. The molecule has 1 aromatic carbocycles. The number of hydrogen-bond donors (Lipinski definition) is 2. The zero-order valence-corrected chi connectivity index (χ0v) is 17.1. The number of rotatable bonds is 5. The molecule has 1 aromatic rings. The van der Waals surface area contributed by atoms with Crippen LogP contribution in [0.3, 0.4) is 0 Å². The molecule has 2 saturated carbocycles. The molecule has 4 atom stereocenters. The van der Waals surface area contributed by atoms with Crippen molar-refractivity contribution in [3.05, 3.63) is 35.9 Å². The van der Waals surface area contributed by atoms with Crippen molar-refractivity contribution in [2.75, 3.05) is 12.8 Å². The molecule has 0 heterocycles. The second-order valence-electron chi connectivity index (χ2n) is 6.31. The summed E-state index contributed by atoms with van der Waals surface area (Å²) in [5.41, 5.74) is 1.44. The fourth-order valence-corrected chi connectivity index (χ4v) is 4.56. The second-order valence-corrected chi connectivity index (χ2v) is 7.88. The van der Waals surface area contributed by atoms with Crippen LogP contribution in [0, 0.1) is 0 Å². The molecular formula is C18H28IN3S. The Bertz CT molecular complexity index is 508. The van der Waals surface area contributed by atoms with Crippen LogP contribution in [0.2, 0.25) is 0 Å². The summed E-state index contributed by atoms with van der Waals surface area (Å²) in [7, 11) is 1.88. The maximum Gasteiger partial charge on any atom is 0.191 e. The highest BCUT2D eigenvalue weighted by Crippen LogP contribution is 2.40. The number of thioether (sulfide) groups is 1. The normalized spacial score (nSPS) is 29.7. The highest BCUT2D eigenvalue weighted by atomic mass is 127. The Labute approximate surface area is 161 Å². The van der Waals surface area contributed by atoms with Gasteiger partial charge in [-0.25, -0.2) is 0 Å². The number of nitrogens with zero attached hydrogens (tertiary/aromatic N) is 1. The van der Waals surface area contributed by atoms with Crippen LogP contribution < -0.4 is 10.6 Å². The van der Waals surface area contributed by atoms with Crippen molar-refractivity contribution in [2.24, 2.45) is 4.99 Å². The van der Waals surface area contributed by atoms with E-state index in [-0.39, 0.29) is 24.0 Å². The zero-order chi connectivity index (χ0) is 15.4. The van der Waals surface area contributed by atoms with E-state index >= 15 is 0 Å². The Morgan fingerprint density at radius 1 is 1.17 bits per heavy atom. The number of benzene rings is 1. The zero-order valence-electron chi connectivity index (χ0n) is 14.0. The SMILES string of the molecule is CCSC1CCC(NC(=NC)NC2CC2c2ccccc2)C1.I. The average molecular weight is 445 g/mol. The quantitative estimate of drug-likeness (QED) is 0.409. The third-order valence-corrected chi connectivity index (χ3v) is 5.92. The summed E-state index contributed by atoms with van der Waals surface area (Å²) in [6.45, 7) is 2.25. The van der Waals surface area contributed by atoms with Crippen molar-refractivity contribution >= 4 is 41.7 Å². The summed E-state index contributed by atoms with van der Waals surface area (Å²) in [5.74, 6) is 2.85. The Kier molecular flexibility index (Phi) is 7.53. The molecule has 23 heavy (non-hydrogen) atoms. The van der Waals surface area contributed by atoms with Gasteiger partial charge in [-0.1, -0.05) is 37.3 Å². The lowest BCUT2D eigenvalue weighted by Crippen LogP contribution is -2.43. The van der Waals surface area contributed by atoms with Crippen molar-refractivity contribution in [3.63, 3.8) is 0 Å². The Morgan fingerprint density at radius 3 is 2.65 bits per heavy atom. The number of guanidine groups is 1. The summed E-state index contributed by atoms with van der Waals surface area (Å²) in [6, 6.07) is 11.9. The van der Waals surface area contributed by atoms with E-state index < -0.39 is 0 Å². The van der Waals surface area contributed by atoms with Crippen LogP contribution in [0.1, 0.15) is 44.1 Å². The molecule has 2 aliphatic carbocycles. The van der Waals surface area contributed by atoms with Gasteiger partial charge in [0.2, 0.25) is 0 Å². The van der Waals surface area contributed by atoms with E-state index in [2.05, 4.69) is 64.6 Å². The predicted molar refractivity (Wildman–Crippen MR) is 112 cm³/mol. The van der Waals surface area contributed by atoms with Gasteiger partial charge in [0, 0.05) is 30.3 Å². The van der Waals surface area contributed by atoms with Crippen molar-refractivity contribution in [1.29, 1.82) is 0 Å². The van der Waals surface area contributed by atoms with Crippen LogP contribution in [-0.4, -0.2) is 36.1 Å². The molecular weight excluding hydrogens is 417 g/mol. The maximum absolute atomic E-state index is 4.42. The third kappa shape index (κ3) is 5.28. The van der Waals surface area contributed by atoms with Gasteiger partial charge in [0.05, 0.1) is 0 Å². The molecule has 128 valence electrons. The fraction of sp³-hybridized carbons (Fsp3) is 0.611. The van der Waals surface area contributed by atoms with Gasteiger partial charge in [-0.3, -0.25) is 4.99 Å². The summed E-state index contributed by atoms with van der Waals surface area (Å²) in [6.07, 6.45) is 5.09. The van der Waals surface area contributed by atoms with Crippen LogP contribution in [0.4, 0.5) is 0 Å². The highest BCUT2D eigenvalue weighted by molar-refractivity contribution is 14.0. The van der Waals surface area contributed by atoms with Gasteiger partial charge >= 0.3 is 0 Å².